The van der Waals surface area contributed by atoms with E-state index in [2.05, 4.69) is 15.0 Å². The molecule has 1 fully saturated rings. The molecule has 2 N–H and O–H groups in total. The summed E-state index contributed by atoms with van der Waals surface area (Å²) < 4.78 is 27.7. The number of anilines is 1. The van der Waals surface area contributed by atoms with Crippen LogP contribution >= 0.6 is 11.3 Å². The van der Waals surface area contributed by atoms with Crippen molar-refractivity contribution in [2.24, 2.45) is 0 Å². The highest BCUT2D eigenvalue weighted by atomic mass is 32.2. The molecular formula is C16H19N3O3S2. The van der Waals surface area contributed by atoms with Gasteiger partial charge in [-0.3, -0.25) is 10.1 Å². The van der Waals surface area contributed by atoms with E-state index in [1.54, 1.807) is 18.3 Å². The molecule has 8 heteroatoms. The lowest BCUT2D eigenvalue weighted by atomic mass is 10.2. The summed E-state index contributed by atoms with van der Waals surface area (Å²) in [7, 11) is -3.61. The van der Waals surface area contributed by atoms with Crippen molar-refractivity contribution in [1.29, 1.82) is 0 Å². The number of thiazole rings is 1. The van der Waals surface area contributed by atoms with Crippen LogP contribution in [0.5, 0.6) is 0 Å². The number of hydrogen-bond acceptors (Lipinski definition) is 5. The summed E-state index contributed by atoms with van der Waals surface area (Å²) in [4.78, 5) is 17.5. The van der Waals surface area contributed by atoms with Crippen LogP contribution in [0.1, 0.15) is 40.9 Å². The van der Waals surface area contributed by atoms with Crippen molar-refractivity contribution in [3.05, 3.63) is 40.9 Å². The second kappa shape index (κ2) is 7.00. The molecule has 1 aliphatic rings. The van der Waals surface area contributed by atoms with E-state index in [1.165, 1.54) is 23.5 Å². The lowest BCUT2D eigenvalue weighted by Gasteiger charge is -2.13. The first-order chi connectivity index (χ1) is 11.4. The van der Waals surface area contributed by atoms with Gasteiger partial charge in [0.15, 0.2) is 5.13 Å². The van der Waals surface area contributed by atoms with Crippen molar-refractivity contribution in [3.63, 3.8) is 0 Å². The summed E-state index contributed by atoms with van der Waals surface area (Å²) in [6.07, 6.45) is 5.49. The van der Waals surface area contributed by atoms with Gasteiger partial charge in [-0.2, -0.15) is 0 Å². The number of aromatic nitrogens is 1. The number of nitrogens with zero attached hydrogens (tertiary/aromatic N) is 1. The number of benzene rings is 1. The smallest absolute Gasteiger partial charge is 0.257 e. The fraction of sp³-hybridized carbons (Fsp3) is 0.375. The monoisotopic (exact) mass is 365 g/mol. The number of sulfonamides is 1. The normalized spacial score (nSPS) is 15.5. The minimum absolute atomic E-state index is 0.00854. The predicted octanol–water partition coefficient (Wildman–Crippen LogP) is 2.92. The number of carbonyl (C=O) groups is 1. The molecule has 1 amide bonds. The predicted molar refractivity (Wildman–Crippen MR) is 93.8 cm³/mol. The largest absolute Gasteiger partial charge is 0.298 e. The van der Waals surface area contributed by atoms with Crippen molar-refractivity contribution >= 4 is 32.4 Å². The van der Waals surface area contributed by atoms with Crippen molar-refractivity contribution in [2.45, 2.75) is 43.5 Å². The Bertz CT molecular complexity index is 840. The highest BCUT2D eigenvalue weighted by Crippen LogP contribution is 2.21. The third kappa shape index (κ3) is 4.00. The van der Waals surface area contributed by atoms with Crippen LogP contribution in [0.15, 0.2) is 35.4 Å². The minimum Gasteiger partial charge on any atom is -0.298 e. The van der Waals surface area contributed by atoms with E-state index in [0.29, 0.717) is 5.13 Å². The van der Waals surface area contributed by atoms with Crippen LogP contribution in [0.4, 0.5) is 5.13 Å². The third-order valence-electron chi connectivity index (χ3n) is 3.93. The van der Waals surface area contributed by atoms with Gasteiger partial charge in [0.1, 0.15) is 0 Å². The highest BCUT2D eigenvalue weighted by molar-refractivity contribution is 7.89. The van der Waals surface area contributed by atoms with Gasteiger partial charge in [0, 0.05) is 22.7 Å². The summed E-state index contributed by atoms with van der Waals surface area (Å²) in [5.74, 6) is -0.373. The number of rotatable bonds is 5. The second-order valence-corrected chi connectivity index (χ2v) is 8.81. The van der Waals surface area contributed by atoms with Gasteiger partial charge in [-0.25, -0.2) is 18.1 Å². The highest BCUT2D eigenvalue weighted by Gasteiger charge is 2.23. The Morgan fingerprint density at radius 2 is 2.04 bits per heavy atom. The molecule has 0 atom stereocenters. The molecule has 0 radical (unpaired) electrons. The van der Waals surface area contributed by atoms with Crippen LogP contribution in [-0.2, 0) is 10.0 Å². The van der Waals surface area contributed by atoms with E-state index in [0.717, 1.165) is 30.6 Å². The maximum Gasteiger partial charge on any atom is 0.257 e. The van der Waals surface area contributed by atoms with Crippen molar-refractivity contribution < 1.29 is 13.2 Å². The van der Waals surface area contributed by atoms with Gasteiger partial charge in [0.25, 0.3) is 5.91 Å². The Balaban J connectivity index is 1.76. The van der Waals surface area contributed by atoms with Crippen LogP contribution in [0.25, 0.3) is 0 Å². The van der Waals surface area contributed by atoms with Crippen LogP contribution in [-0.4, -0.2) is 25.4 Å². The van der Waals surface area contributed by atoms with Gasteiger partial charge in [-0.1, -0.05) is 18.9 Å². The summed E-state index contributed by atoms with van der Waals surface area (Å²) in [5.41, 5.74) is 0.289. The molecule has 0 aliphatic heterocycles. The first-order valence-electron chi connectivity index (χ1n) is 7.80. The molecule has 0 spiro atoms. The van der Waals surface area contributed by atoms with Crippen LogP contribution in [0.2, 0.25) is 0 Å². The summed E-state index contributed by atoms with van der Waals surface area (Å²) >= 11 is 1.37. The Labute approximate surface area is 145 Å². The van der Waals surface area contributed by atoms with Gasteiger partial charge in [-0.05, 0) is 38.0 Å². The zero-order valence-electron chi connectivity index (χ0n) is 13.3. The summed E-state index contributed by atoms with van der Waals surface area (Å²) in [6, 6.07) is 6.05. The maximum atomic E-state index is 12.5. The van der Waals surface area contributed by atoms with Gasteiger partial charge in [0.05, 0.1) is 4.90 Å². The molecule has 1 heterocycles. The van der Waals surface area contributed by atoms with E-state index in [4.69, 9.17) is 0 Å². The van der Waals surface area contributed by atoms with Crippen molar-refractivity contribution in [2.75, 3.05) is 5.32 Å². The number of nitrogens with one attached hydrogen (secondary N) is 2. The molecule has 24 heavy (non-hydrogen) atoms. The minimum atomic E-state index is -3.61. The van der Waals surface area contributed by atoms with Gasteiger partial charge in [-0.15, -0.1) is 11.3 Å². The number of hydrogen-bond donors (Lipinski definition) is 2. The molecule has 1 aliphatic carbocycles. The molecule has 1 aromatic heterocycles. The molecule has 1 saturated carbocycles. The van der Waals surface area contributed by atoms with Crippen molar-refractivity contribution in [1.82, 2.24) is 9.71 Å². The molecule has 0 unspecified atom stereocenters. The Kier molecular flexibility index (Phi) is 4.98. The number of carbonyl (C=O) groups excluding carboxylic acids is 1. The van der Waals surface area contributed by atoms with Crippen LogP contribution in [0.3, 0.4) is 0 Å². The van der Waals surface area contributed by atoms with E-state index in [9.17, 15) is 13.2 Å². The summed E-state index contributed by atoms with van der Waals surface area (Å²) in [6.45, 7) is 1.90. The van der Waals surface area contributed by atoms with Gasteiger partial charge < -0.3 is 0 Å². The molecule has 3 rings (SSSR count). The maximum absolute atomic E-state index is 12.5. The molecular weight excluding hydrogens is 346 g/mol. The van der Waals surface area contributed by atoms with E-state index in [-0.39, 0.29) is 22.4 Å². The van der Waals surface area contributed by atoms with Gasteiger partial charge >= 0.3 is 0 Å². The summed E-state index contributed by atoms with van der Waals surface area (Å²) in [5, 5.41) is 3.18. The average Bonchev–Trinajstić information content (AvgIpc) is 3.19. The topological polar surface area (TPSA) is 88.2 Å². The number of amides is 1. The fourth-order valence-corrected chi connectivity index (χ4v) is 4.73. The van der Waals surface area contributed by atoms with E-state index >= 15 is 0 Å². The molecule has 1 aromatic carbocycles. The van der Waals surface area contributed by atoms with Crippen LogP contribution < -0.4 is 10.0 Å². The van der Waals surface area contributed by atoms with E-state index in [1.807, 2.05) is 6.92 Å². The Morgan fingerprint density at radius 1 is 1.29 bits per heavy atom. The zero-order chi connectivity index (χ0) is 17.2. The molecule has 2 aromatic rings. The molecule has 0 saturated heterocycles. The van der Waals surface area contributed by atoms with Crippen molar-refractivity contribution in [3.8, 4) is 0 Å². The first-order valence-corrected chi connectivity index (χ1v) is 10.1. The zero-order valence-corrected chi connectivity index (χ0v) is 14.9. The molecule has 0 bridgehead atoms. The first kappa shape index (κ1) is 17.1. The fourth-order valence-electron chi connectivity index (χ4n) is 2.72. The average molecular weight is 365 g/mol. The van der Waals surface area contributed by atoms with Gasteiger partial charge in [0.2, 0.25) is 10.0 Å². The second-order valence-electron chi connectivity index (χ2n) is 5.86. The lowest BCUT2D eigenvalue weighted by molar-refractivity contribution is 0.102. The third-order valence-corrected chi connectivity index (χ3v) is 6.27. The Hall–Kier alpha value is -1.77. The molecule has 128 valence electrons. The molecule has 6 nitrogen and oxygen atoms in total. The lowest BCUT2D eigenvalue weighted by Crippen LogP contribution is -2.32. The Morgan fingerprint density at radius 3 is 2.71 bits per heavy atom. The standard InChI is InChI=1S/C16H19N3O3S2/c1-11-10-17-16(23-11)18-15(20)12-5-4-8-14(9-12)24(21,22)19-13-6-2-3-7-13/h4-5,8-10,13,19H,2-3,6-7H2,1H3,(H,17,18,20). The quantitative estimate of drug-likeness (QED) is 0.853. The SMILES string of the molecule is Cc1cnc(NC(=O)c2cccc(S(=O)(=O)NC3CCCC3)c2)s1. The van der Waals surface area contributed by atoms with E-state index < -0.39 is 10.0 Å². The van der Waals surface area contributed by atoms with Crippen LogP contribution in [0, 0.1) is 6.92 Å². The number of aryl methyl sites for hydroxylation is 1.